The molecule has 0 bridgehead atoms. The average Bonchev–Trinajstić information content (AvgIpc) is 2.45. The van der Waals surface area contributed by atoms with Crippen molar-refractivity contribution >= 4 is 23.3 Å². The van der Waals surface area contributed by atoms with Crippen LogP contribution in [0.4, 0.5) is 0 Å². The zero-order valence-corrected chi connectivity index (χ0v) is 13.6. The van der Waals surface area contributed by atoms with Crippen LogP contribution in [0.15, 0.2) is 0 Å². The zero-order valence-electron chi connectivity index (χ0n) is 13.6. The molecule has 0 aromatic carbocycles. The molecule has 0 spiro atoms. The molecule has 1 saturated heterocycles. The predicted octanol–water partition coefficient (Wildman–Crippen LogP) is -3.20. The van der Waals surface area contributed by atoms with E-state index in [1.807, 2.05) is 5.32 Å². The van der Waals surface area contributed by atoms with Gasteiger partial charge in [-0.3, -0.25) is 19.2 Å². The highest BCUT2D eigenvalue weighted by Gasteiger charge is 2.71. The summed E-state index contributed by atoms with van der Waals surface area (Å²) in [6, 6.07) is -1.91. The van der Waals surface area contributed by atoms with Crippen LogP contribution in [0.25, 0.3) is 0 Å². The van der Waals surface area contributed by atoms with Gasteiger partial charge in [-0.25, -0.2) is 0 Å². The molecule has 24 heavy (non-hydrogen) atoms. The lowest BCUT2D eigenvalue weighted by Crippen LogP contribution is -2.83. The number of amides is 1. The number of carbonyl (C=O) groups excluding carboxylic acids is 4. The Kier molecular flexibility index (Phi) is 5.63. The van der Waals surface area contributed by atoms with Crippen molar-refractivity contribution in [3.8, 4) is 0 Å². The van der Waals surface area contributed by atoms with Crippen molar-refractivity contribution in [2.24, 2.45) is 0 Å². The summed E-state index contributed by atoms with van der Waals surface area (Å²) in [5.74, 6) is -4.11. The van der Waals surface area contributed by atoms with Gasteiger partial charge in [-0.05, 0) is 20.8 Å². The summed E-state index contributed by atoms with van der Waals surface area (Å²) in [7, 11) is 0. The highest BCUT2D eigenvalue weighted by Crippen LogP contribution is 2.40. The number of nitrogens with one attached hydrogen (secondary N) is 1. The third-order valence-corrected chi connectivity index (χ3v) is 4.15. The number of carbonyl (C=O) groups is 4. The molecule has 6 atom stereocenters. The van der Waals surface area contributed by atoms with Gasteiger partial charge in [0.15, 0.2) is 34.8 Å². The van der Waals surface area contributed by atoms with E-state index in [4.69, 9.17) is 4.74 Å². The molecule has 0 saturated carbocycles. The van der Waals surface area contributed by atoms with Gasteiger partial charge in [-0.1, -0.05) is 0 Å². The van der Waals surface area contributed by atoms with Gasteiger partial charge in [0, 0.05) is 6.92 Å². The lowest BCUT2D eigenvalue weighted by atomic mass is 9.66. The highest BCUT2D eigenvalue weighted by atomic mass is 16.6. The standard InChI is InChI=1S/C14H21NO9/c1-5(16)9(20)11-14(23,7(3)18)13(22,6(2)17)10(12(21)24-11)15-8(4)19/h9-12,20-23H,1-4H3,(H,15,19)/t9?,10-,11+,12?,13+,14+/m0/s1. The van der Waals surface area contributed by atoms with Crippen molar-refractivity contribution in [1.82, 2.24) is 5.32 Å². The Bertz CT molecular complexity index is 559. The minimum Gasteiger partial charge on any atom is -0.382 e. The van der Waals surface area contributed by atoms with E-state index >= 15 is 0 Å². The molecule has 1 aliphatic rings. The Hall–Kier alpha value is -1.72. The normalized spacial score (nSPS) is 37.4. The van der Waals surface area contributed by atoms with E-state index in [1.165, 1.54) is 0 Å². The minimum absolute atomic E-state index is 0.793. The van der Waals surface area contributed by atoms with Gasteiger partial charge in [0.2, 0.25) is 5.91 Å². The maximum atomic E-state index is 12.1. The van der Waals surface area contributed by atoms with Gasteiger partial charge >= 0.3 is 0 Å². The fourth-order valence-corrected chi connectivity index (χ4v) is 2.85. The van der Waals surface area contributed by atoms with E-state index in [9.17, 15) is 39.6 Å². The largest absolute Gasteiger partial charge is 0.382 e. The number of Topliss-reactive ketones (excluding diaryl/α,β-unsaturated/α-hetero) is 3. The molecule has 1 fully saturated rings. The van der Waals surface area contributed by atoms with Crippen molar-refractivity contribution in [2.75, 3.05) is 0 Å². The van der Waals surface area contributed by atoms with Gasteiger partial charge in [0.25, 0.3) is 0 Å². The number of hydrogen-bond acceptors (Lipinski definition) is 9. The first-order valence-electron chi connectivity index (χ1n) is 7.07. The van der Waals surface area contributed by atoms with Crippen LogP contribution < -0.4 is 5.32 Å². The second kappa shape index (κ2) is 6.65. The van der Waals surface area contributed by atoms with E-state index in [0.29, 0.717) is 0 Å². The predicted molar refractivity (Wildman–Crippen MR) is 76.4 cm³/mol. The molecule has 0 aliphatic carbocycles. The summed E-state index contributed by atoms with van der Waals surface area (Å²) < 4.78 is 4.93. The van der Waals surface area contributed by atoms with E-state index in [2.05, 4.69) is 0 Å². The Balaban J connectivity index is 3.64. The molecule has 0 radical (unpaired) electrons. The van der Waals surface area contributed by atoms with Crippen LogP contribution >= 0.6 is 0 Å². The Morgan fingerprint density at radius 1 is 1.00 bits per heavy atom. The van der Waals surface area contributed by atoms with Crippen LogP contribution in [-0.4, -0.2) is 79.4 Å². The molecule has 5 N–H and O–H groups in total. The van der Waals surface area contributed by atoms with Crippen LogP contribution in [0, 0.1) is 0 Å². The lowest BCUT2D eigenvalue weighted by Gasteiger charge is -2.54. The molecule has 136 valence electrons. The van der Waals surface area contributed by atoms with Gasteiger partial charge in [0.1, 0.15) is 18.2 Å². The molecular weight excluding hydrogens is 326 g/mol. The average molecular weight is 347 g/mol. The van der Waals surface area contributed by atoms with Gasteiger partial charge in [0.05, 0.1) is 0 Å². The zero-order chi connectivity index (χ0) is 19.0. The number of rotatable bonds is 5. The second-order valence-corrected chi connectivity index (χ2v) is 5.83. The van der Waals surface area contributed by atoms with E-state index in [-0.39, 0.29) is 0 Å². The van der Waals surface area contributed by atoms with E-state index < -0.39 is 59.0 Å². The molecule has 1 aliphatic heterocycles. The molecule has 1 amide bonds. The highest BCUT2D eigenvalue weighted by molar-refractivity contribution is 6.00. The van der Waals surface area contributed by atoms with Crippen molar-refractivity contribution in [3.63, 3.8) is 0 Å². The fraction of sp³-hybridized carbons (Fsp3) is 0.714. The first kappa shape index (κ1) is 20.3. The second-order valence-electron chi connectivity index (χ2n) is 5.83. The number of aliphatic hydroxyl groups excluding tert-OH is 2. The Morgan fingerprint density at radius 3 is 1.79 bits per heavy atom. The lowest BCUT2D eigenvalue weighted by molar-refractivity contribution is -0.313. The summed E-state index contributed by atoms with van der Waals surface area (Å²) in [6.45, 7) is 3.56. The summed E-state index contributed by atoms with van der Waals surface area (Å²) in [6.07, 6.45) is -6.32. The third kappa shape index (κ3) is 2.87. The molecule has 1 heterocycles. The van der Waals surface area contributed by atoms with Crippen LogP contribution in [0.1, 0.15) is 27.7 Å². The SMILES string of the molecule is CC(=O)N[C@H]1C(O)O[C@H](C(O)C(C)=O)[C@](O)(C(C)=O)[C@@]1(O)C(C)=O. The molecule has 10 nitrogen and oxygen atoms in total. The van der Waals surface area contributed by atoms with Gasteiger partial charge in [-0.15, -0.1) is 0 Å². The van der Waals surface area contributed by atoms with Crippen LogP contribution in [-0.2, 0) is 23.9 Å². The number of aliphatic hydroxyl groups is 4. The maximum Gasteiger partial charge on any atom is 0.217 e. The summed E-state index contributed by atoms with van der Waals surface area (Å²) in [4.78, 5) is 46.9. The molecular formula is C14H21NO9. The molecule has 2 unspecified atom stereocenters. The van der Waals surface area contributed by atoms with Crippen LogP contribution in [0.5, 0.6) is 0 Å². The molecule has 1 rings (SSSR count). The Morgan fingerprint density at radius 2 is 1.46 bits per heavy atom. The van der Waals surface area contributed by atoms with Crippen molar-refractivity contribution in [3.05, 3.63) is 0 Å². The summed E-state index contributed by atoms with van der Waals surface area (Å²) in [5, 5.41) is 43.6. The molecule has 0 aromatic rings. The fourth-order valence-electron chi connectivity index (χ4n) is 2.85. The molecule has 0 aromatic heterocycles. The Labute approximate surface area is 137 Å². The first-order valence-corrected chi connectivity index (χ1v) is 7.07. The van der Waals surface area contributed by atoms with Gasteiger partial charge in [-0.2, -0.15) is 0 Å². The monoisotopic (exact) mass is 347 g/mol. The number of ketones is 3. The minimum atomic E-state index is -3.09. The van der Waals surface area contributed by atoms with E-state index in [1.54, 1.807) is 0 Å². The van der Waals surface area contributed by atoms with Gasteiger partial charge < -0.3 is 30.5 Å². The van der Waals surface area contributed by atoms with Crippen LogP contribution in [0.3, 0.4) is 0 Å². The first-order chi connectivity index (χ1) is 10.8. The quantitative estimate of drug-likeness (QED) is 0.343. The maximum absolute atomic E-state index is 12.1. The van der Waals surface area contributed by atoms with Crippen LogP contribution in [0.2, 0.25) is 0 Å². The smallest absolute Gasteiger partial charge is 0.217 e. The van der Waals surface area contributed by atoms with Crippen molar-refractivity contribution < 1.29 is 44.3 Å². The summed E-state index contributed by atoms with van der Waals surface area (Å²) in [5.41, 5.74) is -6.13. The van der Waals surface area contributed by atoms with Crippen molar-refractivity contribution in [1.29, 1.82) is 0 Å². The van der Waals surface area contributed by atoms with Crippen molar-refractivity contribution in [2.45, 2.75) is 63.4 Å². The van der Waals surface area contributed by atoms with E-state index in [0.717, 1.165) is 27.7 Å². The molecule has 10 heteroatoms. The summed E-state index contributed by atoms with van der Waals surface area (Å²) >= 11 is 0. The topological polar surface area (TPSA) is 170 Å². The number of hydrogen-bond donors (Lipinski definition) is 5. The third-order valence-electron chi connectivity index (χ3n) is 4.15. The number of ether oxygens (including phenoxy) is 1.